The van der Waals surface area contributed by atoms with Gasteiger partial charge in [0.1, 0.15) is 23.8 Å². The summed E-state index contributed by atoms with van der Waals surface area (Å²) >= 11 is 0. The van der Waals surface area contributed by atoms with E-state index in [9.17, 15) is 18.8 Å². The summed E-state index contributed by atoms with van der Waals surface area (Å²) in [6, 6.07) is 11.2. The fourth-order valence-corrected chi connectivity index (χ4v) is 2.81. The Bertz CT molecular complexity index is 955. The highest BCUT2D eigenvalue weighted by Gasteiger charge is 2.44. The highest BCUT2D eigenvalue weighted by atomic mass is 19.1. The van der Waals surface area contributed by atoms with Gasteiger partial charge in [-0.25, -0.2) is 14.1 Å². The molecule has 2 aliphatic heterocycles. The van der Waals surface area contributed by atoms with Gasteiger partial charge in [0.15, 0.2) is 0 Å². The third-order valence-electron chi connectivity index (χ3n) is 4.02. The van der Waals surface area contributed by atoms with E-state index >= 15 is 0 Å². The van der Waals surface area contributed by atoms with Crippen LogP contribution in [0.4, 0.5) is 14.9 Å². The number of anilines is 1. The average Bonchev–Trinajstić information content (AvgIpc) is 2.99. The zero-order valence-corrected chi connectivity index (χ0v) is 13.3. The summed E-state index contributed by atoms with van der Waals surface area (Å²) in [6.07, 6.45) is -1.04. The molecule has 0 saturated heterocycles. The molecule has 2 heterocycles. The summed E-state index contributed by atoms with van der Waals surface area (Å²) in [5.41, 5.74) is 1.20. The van der Waals surface area contributed by atoms with E-state index in [4.69, 9.17) is 4.74 Å². The lowest BCUT2D eigenvalue weighted by molar-refractivity contribution is -0.135. The fraction of sp³-hybridized carbons (Fsp3) is 0.111. The Labute approximate surface area is 147 Å². The Hall–Kier alpha value is -3.55. The summed E-state index contributed by atoms with van der Waals surface area (Å²) < 4.78 is 18.5. The normalized spacial score (nSPS) is 18.0. The van der Waals surface area contributed by atoms with Crippen LogP contribution in [0.2, 0.25) is 0 Å². The molecule has 26 heavy (non-hydrogen) atoms. The van der Waals surface area contributed by atoms with E-state index in [1.54, 1.807) is 24.3 Å². The number of amides is 4. The number of aliphatic imine (C=N–C) groups is 1. The largest absolute Gasteiger partial charge is 0.473 e. The van der Waals surface area contributed by atoms with E-state index in [0.717, 1.165) is 4.90 Å². The predicted molar refractivity (Wildman–Crippen MR) is 89.5 cm³/mol. The Balaban J connectivity index is 1.51. The van der Waals surface area contributed by atoms with Crippen molar-refractivity contribution in [2.24, 2.45) is 4.99 Å². The van der Waals surface area contributed by atoms with Crippen molar-refractivity contribution in [3.8, 4) is 5.75 Å². The van der Waals surface area contributed by atoms with E-state index in [1.807, 2.05) is 0 Å². The van der Waals surface area contributed by atoms with Crippen molar-refractivity contribution in [3.63, 3.8) is 0 Å². The summed E-state index contributed by atoms with van der Waals surface area (Å²) in [4.78, 5) is 41.6. The standard InChI is InChI=1S/C18H12FN3O4/c19-10-5-7-11(8-6-10)20-14(23)9-22-17(24)16-15(21-18(22)25)12-3-1-2-4-13(12)26-16/h1-8,16H,9H2,(H,20,23). The van der Waals surface area contributed by atoms with Gasteiger partial charge in [-0.1, -0.05) is 12.1 Å². The van der Waals surface area contributed by atoms with Crippen LogP contribution in [0.3, 0.4) is 0 Å². The molecule has 2 aromatic rings. The van der Waals surface area contributed by atoms with E-state index in [-0.39, 0.29) is 5.71 Å². The maximum Gasteiger partial charge on any atom is 0.351 e. The molecule has 0 bridgehead atoms. The van der Waals surface area contributed by atoms with Gasteiger partial charge < -0.3 is 10.1 Å². The Morgan fingerprint density at radius 3 is 2.65 bits per heavy atom. The number of hydrogen-bond donors (Lipinski definition) is 1. The number of fused-ring (bicyclic) bond motifs is 3. The number of para-hydroxylation sites is 1. The average molecular weight is 353 g/mol. The number of imide groups is 1. The van der Waals surface area contributed by atoms with Crippen molar-refractivity contribution in [2.75, 3.05) is 11.9 Å². The van der Waals surface area contributed by atoms with Crippen LogP contribution in [-0.2, 0) is 9.59 Å². The van der Waals surface area contributed by atoms with Gasteiger partial charge >= 0.3 is 6.03 Å². The molecular formula is C18H12FN3O4. The first-order valence-electron chi connectivity index (χ1n) is 7.78. The first kappa shape index (κ1) is 15.9. The predicted octanol–water partition coefficient (Wildman–Crippen LogP) is 1.98. The second-order valence-electron chi connectivity index (χ2n) is 5.75. The number of nitrogens with zero attached hydrogens (tertiary/aromatic N) is 2. The molecule has 7 nitrogen and oxygen atoms in total. The van der Waals surface area contributed by atoms with Crippen LogP contribution in [-0.4, -0.2) is 41.1 Å². The van der Waals surface area contributed by atoms with Gasteiger partial charge in [0.2, 0.25) is 12.0 Å². The van der Waals surface area contributed by atoms with Crippen LogP contribution in [0.5, 0.6) is 5.75 Å². The first-order valence-corrected chi connectivity index (χ1v) is 7.78. The maximum atomic E-state index is 12.9. The minimum absolute atomic E-state index is 0.255. The monoisotopic (exact) mass is 353 g/mol. The number of benzene rings is 2. The zero-order valence-electron chi connectivity index (χ0n) is 13.3. The van der Waals surface area contributed by atoms with Gasteiger partial charge in [-0.3, -0.25) is 9.59 Å². The molecule has 2 aromatic carbocycles. The van der Waals surface area contributed by atoms with Crippen LogP contribution in [0, 0.1) is 5.82 Å². The molecular weight excluding hydrogens is 341 g/mol. The number of rotatable bonds is 3. The Morgan fingerprint density at radius 1 is 1.15 bits per heavy atom. The second kappa shape index (κ2) is 6.07. The lowest BCUT2D eigenvalue weighted by atomic mass is 10.1. The quantitative estimate of drug-likeness (QED) is 0.914. The van der Waals surface area contributed by atoms with Gasteiger partial charge in [0.25, 0.3) is 5.91 Å². The summed E-state index contributed by atoms with van der Waals surface area (Å²) in [6.45, 7) is -0.512. The van der Waals surface area contributed by atoms with Crippen LogP contribution in [0.25, 0.3) is 0 Å². The van der Waals surface area contributed by atoms with E-state index in [0.29, 0.717) is 17.0 Å². The number of hydrogen-bond acceptors (Lipinski definition) is 4. The van der Waals surface area contributed by atoms with E-state index in [1.165, 1.54) is 24.3 Å². The Kier molecular flexibility index (Phi) is 3.72. The van der Waals surface area contributed by atoms with Crippen molar-refractivity contribution in [1.82, 2.24) is 4.90 Å². The topological polar surface area (TPSA) is 88.1 Å². The molecule has 4 amide bonds. The lowest BCUT2D eigenvalue weighted by Crippen LogP contribution is -2.52. The van der Waals surface area contributed by atoms with Crippen molar-refractivity contribution in [1.29, 1.82) is 0 Å². The number of carbonyl (C=O) groups excluding carboxylic acids is 3. The summed E-state index contributed by atoms with van der Waals surface area (Å²) in [7, 11) is 0. The van der Waals surface area contributed by atoms with Crippen LogP contribution in [0.1, 0.15) is 5.56 Å². The molecule has 1 unspecified atom stereocenters. The second-order valence-corrected chi connectivity index (χ2v) is 5.75. The van der Waals surface area contributed by atoms with Crippen molar-refractivity contribution < 1.29 is 23.5 Å². The minimum Gasteiger partial charge on any atom is -0.473 e. The van der Waals surface area contributed by atoms with Crippen LogP contribution < -0.4 is 10.1 Å². The van der Waals surface area contributed by atoms with Gasteiger partial charge in [-0.05, 0) is 36.4 Å². The first-order chi connectivity index (χ1) is 12.5. The van der Waals surface area contributed by atoms with E-state index < -0.39 is 36.3 Å². The highest BCUT2D eigenvalue weighted by Crippen LogP contribution is 2.32. The van der Waals surface area contributed by atoms with Crippen LogP contribution >= 0.6 is 0 Å². The minimum atomic E-state index is -1.04. The summed E-state index contributed by atoms with van der Waals surface area (Å²) in [5, 5.41) is 2.49. The third-order valence-corrected chi connectivity index (χ3v) is 4.02. The number of ether oxygens (including phenoxy) is 1. The molecule has 0 radical (unpaired) electrons. The number of urea groups is 1. The molecule has 0 saturated carbocycles. The highest BCUT2D eigenvalue weighted by molar-refractivity contribution is 6.27. The zero-order chi connectivity index (χ0) is 18.3. The number of halogens is 1. The summed E-state index contributed by atoms with van der Waals surface area (Å²) in [5.74, 6) is -1.22. The van der Waals surface area contributed by atoms with Crippen molar-refractivity contribution >= 4 is 29.2 Å². The molecule has 0 aliphatic carbocycles. The maximum absolute atomic E-state index is 12.9. The molecule has 0 fully saturated rings. The van der Waals surface area contributed by atoms with Gasteiger partial charge in [-0.2, -0.15) is 4.99 Å². The van der Waals surface area contributed by atoms with Gasteiger partial charge in [0, 0.05) is 11.3 Å². The SMILES string of the molecule is O=C(CN1C(=O)N=C2c3ccccc3OC2C1=O)Nc1ccc(F)cc1. The molecule has 0 aromatic heterocycles. The molecule has 2 aliphatic rings. The van der Waals surface area contributed by atoms with Crippen LogP contribution in [0.15, 0.2) is 53.5 Å². The Morgan fingerprint density at radius 2 is 1.88 bits per heavy atom. The van der Waals surface area contributed by atoms with E-state index in [2.05, 4.69) is 10.3 Å². The lowest BCUT2D eigenvalue weighted by Gasteiger charge is -2.25. The van der Waals surface area contributed by atoms with Crippen molar-refractivity contribution in [2.45, 2.75) is 6.10 Å². The number of nitrogens with one attached hydrogen (secondary N) is 1. The van der Waals surface area contributed by atoms with Gasteiger partial charge in [-0.15, -0.1) is 0 Å². The van der Waals surface area contributed by atoms with Gasteiger partial charge in [0.05, 0.1) is 0 Å². The molecule has 4 rings (SSSR count). The molecule has 8 heteroatoms. The molecule has 1 N–H and O–H groups in total. The van der Waals surface area contributed by atoms with Crippen molar-refractivity contribution in [3.05, 3.63) is 59.9 Å². The molecule has 1 atom stereocenters. The smallest absolute Gasteiger partial charge is 0.351 e. The fourth-order valence-electron chi connectivity index (χ4n) is 2.81. The molecule has 0 spiro atoms. The number of carbonyl (C=O) groups is 3. The molecule has 130 valence electrons. The third kappa shape index (κ3) is 2.71.